The highest BCUT2D eigenvalue weighted by molar-refractivity contribution is 6.30. The summed E-state index contributed by atoms with van der Waals surface area (Å²) in [6.45, 7) is 4.92. The van der Waals surface area contributed by atoms with E-state index in [1.54, 1.807) is 7.11 Å². The second-order valence-electron chi connectivity index (χ2n) is 3.66. The fourth-order valence-electron chi connectivity index (χ4n) is 1.22. The molecule has 0 N–H and O–H groups in total. The van der Waals surface area contributed by atoms with Gasteiger partial charge in [-0.3, -0.25) is 0 Å². The lowest BCUT2D eigenvalue weighted by Gasteiger charge is -2.09. The minimum atomic E-state index is 0.400. The normalized spacial score (nSPS) is 10.7. The summed E-state index contributed by atoms with van der Waals surface area (Å²) >= 11 is 5.85. The molecule has 0 aliphatic rings. The number of hydrogen-bond acceptors (Lipinski definition) is 6. The lowest BCUT2D eigenvalue weighted by atomic mass is 10.4. The molecule has 0 unspecified atom stereocenters. The molecule has 0 bridgehead atoms. The third kappa shape index (κ3) is 6.68. The number of rotatable bonds is 10. The summed E-state index contributed by atoms with van der Waals surface area (Å²) in [7, 11) is 1.64. The topological polar surface area (TPSA) is 62.7 Å². The van der Waals surface area contributed by atoms with E-state index in [9.17, 15) is 0 Å². The van der Waals surface area contributed by atoms with Gasteiger partial charge in [0, 0.05) is 12.7 Å². The third-order valence-corrected chi connectivity index (χ3v) is 2.63. The van der Waals surface area contributed by atoms with Gasteiger partial charge in [-0.15, -0.1) is 0 Å². The van der Waals surface area contributed by atoms with E-state index in [1.807, 2.05) is 6.92 Å². The van der Waals surface area contributed by atoms with Crippen molar-refractivity contribution < 1.29 is 18.9 Å². The first-order valence-electron chi connectivity index (χ1n) is 6.00. The van der Waals surface area contributed by atoms with E-state index in [0.29, 0.717) is 50.7 Å². The summed E-state index contributed by atoms with van der Waals surface area (Å²) in [5.41, 5.74) is 0.729. The lowest BCUT2D eigenvalue weighted by molar-refractivity contribution is 0.0176. The van der Waals surface area contributed by atoms with Crippen LogP contribution in [0.1, 0.15) is 5.56 Å². The molecule has 19 heavy (non-hydrogen) atoms. The SMILES string of the molecule is COCCOCCOCCOc1ncnc(Cl)c1C. The van der Waals surface area contributed by atoms with E-state index in [-0.39, 0.29) is 0 Å². The van der Waals surface area contributed by atoms with Crippen LogP contribution in [-0.4, -0.2) is 56.7 Å². The molecule has 0 saturated heterocycles. The quantitative estimate of drug-likeness (QED) is 0.481. The highest BCUT2D eigenvalue weighted by Crippen LogP contribution is 2.19. The van der Waals surface area contributed by atoms with Crippen LogP contribution in [0.5, 0.6) is 5.88 Å². The van der Waals surface area contributed by atoms with Gasteiger partial charge in [0.1, 0.15) is 18.1 Å². The molecule has 0 saturated carbocycles. The largest absolute Gasteiger partial charge is 0.475 e. The monoisotopic (exact) mass is 290 g/mol. The van der Waals surface area contributed by atoms with Crippen molar-refractivity contribution in [1.29, 1.82) is 0 Å². The molecule has 0 aliphatic heterocycles. The van der Waals surface area contributed by atoms with E-state index in [1.165, 1.54) is 6.33 Å². The van der Waals surface area contributed by atoms with Crippen molar-refractivity contribution in [2.45, 2.75) is 6.92 Å². The van der Waals surface area contributed by atoms with Gasteiger partial charge in [-0.25, -0.2) is 9.97 Å². The van der Waals surface area contributed by atoms with Crippen LogP contribution < -0.4 is 4.74 Å². The maximum Gasteiger partial charge on any atom is 0.220 e. The highest BCUT2D eigenvalue weighted by atomic mass is 35.5. The number of hydrogen-bond donors (Lipinski definition) is 0. The summed E-state index contributed by atoms with van der Waals surface area (Å²) in [6.07, 6.45) is 1.37. The summed E-state index contributed by atoms with van der Waals surface area (Å²) in [4.78, 5) is 7.84. The third-order valence-electron chi connectivity index (χ3n) is 2.25. The number of aromatic nitrogens is 2. The summed E-state index contributed by atoms with van der Waals surface area (Å²) in [5.74, 6) is 0.486. The molecule has 0 atom stereocenters. The Kier molecular flexibility index (Phi) is 8.40. The summed E-state index contributed by atoms with van der Waals surface area (Å²) < 4.78 is 20.9. The molecule has 0 spiro atoms. The Morgan fingerprint density at radius 1 is 1.00 bits per heavy atom. The van der Waals surface area contributed by atoms with Crippen molar-refractivity contribution in [3.8, 4) is 5.88 Å². The average Bonchev–Trinajstić information content (AvgIpc) is 2.41. The lowest BCUT2D eigenvalue weighted by Crippen LogP contribution is -2.13. The van der Waals surface area contributed by atoms with E-state index < -0.39 is 0 Å². The van der Waals surface area contributed by atoms with Crippen molar-refractivity contribution in [1.82, 2.24) is 9.97 Å². The number of nitrogens with zero attached hydrogens (tertiary/aromatic N) is 2. The maximum absolute atomic E-state index is 5.85. The molecule has 0 amide bonds. The van der Waals surface area contributed by atoms with Gasteiger partial charge in [0.15, 0.2) is 0 Å². The molecule has 0 fully saturated rings. The molecular weight excluding hydrogens is 272 g/mol. The second-order valence-corrected chi connectivity index (χ2v) is 4.02. The van der Waals surface area contributed by atoms with E-state index in [4.69, 9.17) is 30.5 Å². The van der Waals surface area contributed by atoms with Gasteiger partial charge in [0.25, 0.3) is 0 Å². The van der Waals surface area contributed by atoms with Crippen molar-refractivity contribution >= 4 is 11.6 Å². The molecule has 0 aliphatic carbocycles. The minimum absolute atomic E-state index is 0.400. The van der Waals surface area contributed by atoms with Gasteiger partial charge < -0.3 is 18.9 Å². The molecule has 0 aromatic carbocycles. The first-order valence-corrected chi connectivity index (χ1v) is 6.37. The zero-order chi connectivity index (χ0) is 13.9. The fraction of sp³-hybridized carbons (Fsp3) is 0.667. The predicted molar refractivity (Wildman–Crippen MR) is 70.8 cm³/mol. The van der Waals surface area contributed by atoms with Crippen molar-refractivity contribution in [3.63, 3.8) is 0 Å². The van der Waals surface area contributed by atoms with Crippen LogP contribution in [0.4, 0.5) is 0 Å². The Morgan fingerprint density at radius 2 is 1.63 bits per heavy atom. The number of methoxy groups -OCH3 is 1. The van der Waals surface area contributed by atoms with Crippen LogP contribution in [0, 0.1) is 6.92 Å². The Balaban J connectivity index is 2.03. The molecule has 1 rings (SSSR count). The highest BCUT2D eigenvalue weighted by Gasteiger charge is 2.05. The van der Waals surface area contributed by atoms with E-state index >= 15 is 0 Å². The van der Waals surface area contributed by atoms with Crippen LogP contribution in [0.3, 0.4) is 0 Å². The Morgan fingerprint density at radius 3 is 2.32 bits per heavy atom. The average molecular weight is 291 g/mol. The van der Waals surface area contributed by atoms with Crippen LogP contribution in [0.2, 0.25) is 5.15 Å². The van der Waals surface area contributed by atoms with Gasteiger partial charge in [0.2, 0.25) is 5.88 Å². The van der Waals surface area contributed by atoms with Crippen LogP contribution >= 0.6 is 11.6 Å². The van der Waals surface area contributed by atoms with Gasteiger partial charge in [-0.05, 0) is 6.92 Å². The predicted octanol–water partition coefficient (Wildman–Crippen LogP) is 1.50. The van der Waals surface area contributed by atoms with Crippen LogP contribution in [0.25, 0.3) is 0 Å². The molecule has 0 radical (unpaired) electrons. The molecule has 7 heteroatoms. The molecule has 1 heterocycles. The van der Waals surface area contributed by atoms with Crippen LogP contribution in [-0.2, 0) is 14.2 Å². The zero-order valence-corrected chi connectivity index (χ0v) is 12.0. The van der Waals surface area contributed by atoms with Gasteiger partial charge in [-0.1, -0.05) is 11.6 Å². The van der Waals surface area contributed by atoms with Gasteiger partial charge >= 0.3 is 0 Å². The standard InChI is InChI=1S/C12H19ClN2O4/c1-10-11(13)14-9-15-12(10)19-8-7-18-6-5-17-4-3-16-2/h9H,3-8H2,1-2H3. The minimum Gasteiger partial charge on any atom is -0.475 e. The van der Waals surface area contributed by atoms with Crippen molar-refractivity contribution in [2.24, 2.45) is 0 Å². The van der Waals surface area contributed by atoms with E-state index in [2.05, 4.69) is 9.97 Å². The zero-order valence-electron chi connectivity index (χ0n) is 11.2. The number of ether oxygens (including phenoxy) is 4. The van der Waals surface area contributed by atoms with Crippen molar-refractivity contribution in [3.05, 3.63) is 17.0 Å². The molecule has 1 aromatic heterocycles. The van der Waals surface area contributed by atoms with Gasteiger partial charge in [-0.2, -0.15) is 0 Å². The van der Waals surface area contributed by atoms with E-state index in [0.717, 1.165) is 5.56 Å². The molecular formula is C12H19ClN2O4. The number of halogens is 1. The van der Waals surface area contributed by atoms with Crippen molar-refractivity contribution in [2.75, 3.05) is 46.8 Å². The Bertz CT molecular complexity index is 366. The van der Waals surface area contributed by atoms with Gasteiger partial charge in [0.05, 0.1) is 33.0 Å². The smallest absolute Gasteiger partial charge is 0.220 e. The molecule has 108 valence electrons. The first-order chi connectivity index (χ1) is 9.25. The second kappa shape index (κ2) is 9.91. The Hall–Kier alpha value is -0.950. The summed E-state index contributed by atoms with van der Waals surface area (Å²) in [5, 5.41) is 0.400. The summed E-state index contributed by atoms with van der Waals surface area (Å²) in [6, 6.07) is 0. The molecule has 6 nitrogen and oxygen atoms in total. The van der Waals surface area contributed by atoms with Crippen LogP contribution in [0.15, 0.2) is 6.33 Å². The Labute approximate surface area is 118 Å². The maximum atomic E-state index is 5.85. The fourth-order valence-corrected chi connectivity index (χ4v) is 1.35. The first kappa shape index (κ1) is 16.1. The molecule has 1 aromatic rings.